The van der Waals surface area contributed by atoms with E-state index in [0.29, 0.717) is 25.2 Å². The third-order valence-electron chi connectivity index (χ3n) is 5.48. The minimum absolute atomic E-state index is 0.226. The lowest BCUT2D eigenvalue weighted by Crippen LogP contribution is -2.49. The van der Waals surface area contributed by atoms with Crippen molar-refractivity contribution in [1.82, 2.24) is 4.90 Å². The van der Waals surface area contributed by atoms with Crippen LogP contribution in [0.15, 0.2) is 12.3 Å². The Labute approximate surface area is 155 Å². The first-order chi connectivity index (χ1) is 12.1. The molecule has 0 aromatic rings. The van der Waals surface area contributed by atoms with Crippen molar-refractivity contribution in [3.63, 3.8) is 0 Å². The average molecular weight is 365 g/mol. The van der Waals surface area contributed by atoms with E-state index >= 15 is 0 Å². The van der Waals surface area contributed by atoms with E-state index < -0.39 is 34.7 Å². The number of ether oxygens (including phenoxy) is 1. The zero-order valence-electron chi connectivity index (χ0n) is 16.3. The molecular formula is C20H31NO5. The van der Waals surface area contributed by atoms with Crippen LogP contribution in [-0.2, 0) is 19.1 Å². The van der Waals surface area contributed by atoms with E-state index in [1.54, 1.807) is 26.8 Å². The van der Waals surface area contributed by atoms with Crippen LogP contribution in [0.3, 0.4) is 0 Å². The molecule has 4 atom stereocenters. The van der Waals surface area contributed by atoms with Gasteiger partial charge in [0, 0.05) is 11.6 Å². The van der Waals surface area contributed by atoms with E-state index in [4.69, 9.17) is 4.74 Å². The molecule has 3 unspecified atom stereocenters. The SMILES string of the molecule is CCOC(=O)C1CC=CN1C(=O)C(=O)C1(C)CCCC(C)C[C@](C)(O)C1. The standard InChI is InChI=1S/C20H31NO5/c1-5-26-18(24)15-9-7-11-21(15)17(23)16(22)19(3)10-6-8-14(2)12-20(4,25)13-19/h7,11,14-15,25H,5-6,8-10,12-13H2,1-4H3/t14?,15?,19?,20-/m0/s1. The summed E-state index contributed by atoms with van der Waals surface area (Å²) >= 11 is 0. The number of esters is 1. The predicted molar refractivity (Wildman–Crippen MR) is 97.0 cm³/mol. The number of rotatable bonds is 4. The van der Waals surface area contributed by atoms with Crippen molar-refractivity contribution in [1.29, 1.82) is 0 Å². The number of hydrogen-bond donors (Lipinski definition) is 1. The Morgan fingerprint density at radius 2 is 2.00 bits per heavy atom. The number of aliphatic hydroxyl groups is 1. The van der Waals surface area contributed by atoms with Crippen molar-refractivity contribution < 1.29 is 24.2 Å². The number of ketones is 1. The van der Waals surface area contributed by atoms with Crippen molar-refractivity contribution in [2.75, 3.05) is 6.61 Å². The molecule has 0 aromatic heterocycles. The van der Waals surface area contributed by atoms with Crippen LogP contribution >= 0.6 is 0 Å². The van der Waals surface area contributed by atoms with Gasteiger partial charge in [-0.15, -0.1) is 0 Å². The Bertz CT molecular complexity index is 597. The average Bonchev–Trinajstić information content (AvgIpc) is 3.01. The molecule has 1 fully saturated rings. The van der Waals surface area contributed by atoms with Crippen LogP contribution in [0, 0.1) is 11.3 Å². The summed E-state index contributed by atoms with van der Waals surface area (Å²) in [6.45, 7) is 7.53. The molecule has 6 heteroatoms. The molecule has 1 aliphatic heterocycles. The molecule has 2 rings (SSSR count). The quantitative estimate of drug-likeness (QED) is 0.611. The molecule has 0 bridgehead atoms. The Kier molecular flexibility index (Phi) is 6.27. The number of hydrogen-bond acceptors (Lipinski definition) is 5. The summed E-state index contributed by atoms with van der Waals surface area (Å²) in [4.78, 5) is 39.2. The monoisotopic (exact) mass is 365 g/mol. The van der Waals surface area contributed by atoms with Crippen LogP contribution in [0.5, 0.6) is 0 Å². The number of nitrogens with zero attached hydrogens (tertiary/aromatic N) is 1. The van der Waals surface area contributed by atoms with Gasteiger partial charge in [0.1, 0.15) is 6.04 Å². The first-order valence-corrected chi connectivity index (χ1v) is 9.52. The Hall–Kier alpha value is -1.69. The van der Waals surface area contributed by atoms with Crippen LogP contribution in [0.1, 0.15) is 66.2 Å². The third kappa shape index (κ3) is 4.53. The Morgan fingerprint density at radius 3 is 2.65 bits per heavy atom. The molecular weight excluding hydrogens is 334 g/mol. The van der Waals surface area contributed by atoms with Crippen LogP contribution in [0.2, 0.25) is 0 Å². The maximum absolute atomic E-state index is 13.1. The summed E-state index contributed by atoms with van der Waals surface area (Å²) in [5, 5.41) is 10.7. The van der Waals surface area contributed by atoms with E-state index in [1.807, 2.05) is 0 Å². The predicted octanol–water partition coefficient (Wildman–Crippen LogP) is 2.59. The number of carbonyl (C=O) groups excluding carboxylic acids is 3. The zero-order valence-corrected chi connectivity index (χ0v) is 16.3. The first kappa shape index (κ1) is 20.6. The van der Waals surface area contributed by atoms with Crippen LogP contribution < -0.4 is 0 Å². The molecule has 6 nitrogen and oxygen atoms in total. The summed E-state index contributed by atoms with van der Waals surface area (Å²) < 4.78 is 5.01. The fraction of sp³-hybridized carbons (Fsp3) is 0.750. The van der Waals surface area contributed by atoms with Gasteiger partial charge in [0.15, 0.2) is 0 Å². The van der Waals surface area contributed by atoms with Crippen LogP contribution in [0.25, 0.3) is 0 Å². The van der Waals surface area contributed by atoms with E-state index in [0.717, 1.165) is 12.8 Å². The first-order valence-electron chi connectivity index (χ1n) is 9.52. The highest BCUT2D eigenvalue weighted by molar-refractivity contribution is 6.38. The molecule has 0 spiro atoms. The van der Waals surface area contributed by atoms with Gasteiger partial charge in [0.2, 0.25) is 5.78 Å². The van der Waals surface area contributed by atoms with Crippen molar-refractivity contribution in [3.8, 4) is 0 Å². The minimum Gasteiger partial charge on any atom is -0.464 e. The minimum atomic E-state index is -0.994. The van der Waals surface area contributed by atoms with Crippen molar-refractivity contribution in [2.45, 2.75) is 77.9 Å². The van der Waals surface area contributed by atoms with Gasteiger partial charge in [-0.1, -0.05) is 32.8 Å². The summed E-state index contributed by atoms with van der Waals surface area (Å²) in [5.41, 5.74) is -1.93. The smallest absolute Gasteiger partial charge is 0.329 e. The Morgan fingerprint density at radius 1 is 1.31 bits per heavy atom. The molecule has 1 saturated carbocycles. The van der Waals surface area contributed by atoms with Crippen molar-refractivity contribution >= 4 is 17.7 Å². The highest BCUT2D eigenvalue weighted by atomic mass is 16.5. The lowest BCUT2D eigenvalue weighted by Gasteiger charge is -2.39. The van der Waals surface area contributed by atoms with Gasteiger partial charge >= 0.3 is 5.97 Å². The van der Waals surface area contributed by atoms with Gasteiger partial charge in [-0.25, -0.2) is 4.79 Å². The molecule has 0 aromatic carbocycles. The van der Waals surface area contributed by atoms with E-state index in [-0.39, 0.29) is 13.0 Å². The van der Waals surface area contributed by atoms with Crippen LogP contribution in [0.4, 0.5) is 0 Å². The summed E-state index contributed by atoms with van der Waals surface area (Å²) in [6, 6.07) is -0.774. The molecule has 0 saturated heterocycles. The van der Waals surface area contributed by atoms with Gasteiger partial charge in [-0.3, -0.25) is 14.5 Å². The van der Waals surface area contributed by atoms with Gasteiger partial charge in [-0.2, -0.15) is 0 Å². The number of amides is 1. The molecule has 146 valence electrons. The largest absolute Gasteiger partial charge is 0.464 e. The number of Topliss-reactive ketones (excluding diaryl/α,β-unsaturated/α-hetero) is 1. The molecule has 26 heavy (non-hydrogen) atoms. The van der Waals surface area contributed by atoms with Crippen molar-refractivity contribution in [2.24, 2.45) is 11.3 Å². The molecule has 1 heterocycles. The fourth-order valence-electron chi connectivity index (χ4n) is 4.44. The zero-order chi connectivity index (χ0) is 19.5. The summed E-state index contributed by atoms with van der Waals surface area (Å²) in [5.74, 6) is -1.34. The van der Waals surface area contributed by atoms with E-state index in [9.17, 15) is 19.5 Å². The summed E-state index contributed by atoms with van der Waals surface area (Å²) in [6.07, 6.45) is 6.71. The highest BCUT2D eigenvalue weighted by Gasteiger charge is 2.46. The lowest BCUT2D eigenvalue weighted by molar-refractivity contribution is -0.157. The molecule has 1 N–H and O–H groups in total. The normalized spacial score (nSPS) is 34.9. The topological polar surface area (TPSA) is 83.9 Å². The van der Waals surface area contributed by atoms with Gasteiger partial charge < -0.3 is 9.84 Å². The Balaban J connectivity index is 2.18. The van der Waals surface area contributed by atoms with E-state index in [2.05, 4.69) is 6.92 Å². The number of carbonyl (C=O) groups is 3. The maximum Gasteiger partial charge on any atom is 0.329 e. The van der Waals surface area contributed by atoms with Crippen molar-refractivity contribution in [3.05, 3.63) is 12.3 Å². The van der Waals surface area contributed by atoms with E-state index in [1.165, 1.54) is 11.1 Å². The second-order valence-electron chi connectivity index (χ2n) is 8.37. The highest BCUT2D eigenvalue weighted by Crippen LogP contribution is 2.41. The summed E-state index contributed by atoms with van der Waals surface area (Å²) in [7, 11) is 0. The maximum atomic E-state index is 13.1. The molecule has 2 aliphatic rings. The fourth-order valence-corrected chi connectivity index (χ4v) is 4.44. The van der Waals surface area contributed by atoms with Gasteiger partial charge in [0.05, 0.1) is 12.2 Å². The lowest BCUT2D eigenvalue weighted by atomic mass is 9.68. The molecule has 1 aliphatic carbocycles. The van der Waals surface area contributed by atoms with Gasteiger partial charge in [0.25, 0.3) is 5.91 Å². The second kappa shape index (κ2) is 7.91. The molecule has 0 radical (unpaired) electrons. The van der Waals surface area contributed by atoms with Gasteiger partial charge in [-0.05, 0) is 45.4 Å². The molecule has 1 amide bonds. The third-order valence-corrected chi connectivity index (χ3v) is 5.48. The second-order valence-corrected chi connectivity index (χ2v) is 8.37. The van der Waals surface area contributed by atoms with Crippen LogP contribution in [-0.4, -0.2) is 45.9 Å².